The van der Waals surface area contributed by atoms with Gasteiger partial charge in [0, 0.05) is 36.3 Å². The molecule has 0 spiro atoms. The number of benzene rings is 1. The van der Waals surface area contributed by atoms with E-state index in [-0.39, 0.29) is 5.60 Å². The molecule has 2 aromatic rings. The topological polar surface area (TPSA) is 14.2 Å². The Balaban J connectivity index is 2.24. The third-order valence-electron chi connectivity index (χ3n) is 3.69. The highest BCUT2D eigenvalue weighted by molar-refractivity contribution is 5.84. The lowest BCUT2D eigenvalue weighted by Crippen LogP contribution is -2.19. The van der Waals surface area contributed by atoms with Crippen LogP contribution in [0.1, 0.15) is 25.3 Å². The maximum absolute atomic E-state index is 5.93. The predicted molar refractivity (Wildman–Crippen MR) is 65.5 cm³/mol. The fraction of sp³-hybridized carbons (Fsp3) is 0.429. The van der Waals surface area contributed by atoms with E-state index in [9.17, 15) is 0 Å². The van der Waals surface area contributed by atoms with E-state index in [1.165, 1.54) is 22.9 Å². The second kappa shape index (κ2) is 3.36. The highest BCUT2D eigenvalue weighted by atomic mass is 16.5. The Hall–Kier alpha value is -1.28. The van der Waals surface area contributed by atoms with Crippen LogP contribution >= 0.6 is 0 Å². The fourth-order valence-corrected chi connectivity index (χ4v) is 2.75. The predicted octanol–water partition coefficient (Wildman–Crippen LogP) is 3.20. The average molecular weight is 215 g/mol. The van der Waals surface area contributed by atoms with Crippen molar-refractivity contribution in [1.82, 2.24) is 4.57 Å². The van der Waals surface area contributed by atoms with Gasteiger partial charge >= 0.3 is 0 Å². The molecule has 0 amide bonds. The number of ether oxygens (including phenoxy) is 1. The third-order valence-corrected chi connectivity index (χ3v) is 3.69. The van der Waals surface area contributed by atoms with Gasteiger partial charge in [0.25, 0.3) is 0 Å². The minimum atomic E-state index is -0.0825. The maximum Gasteiger partial charge on any atom is 0.0924 e. The van der Waals surface area contributed by atoms with Crippen molar-refractivity contribution in [3.8, 4) is 0 Å². The summed E-state index contributed by atoms with van der Waals surface area (Å²) < 4.78 is 8.13. The Kier molecular flexibility index (Phi) is 2.08. The van der Waals surface area contributed by atoms with E-state index in [4.69, 9.17) is 4.74 Å². The van der Waals surface area contributed by atoms with Crippen LogP contribution in [0.3, 0.4) is 0 Å². The van der Waals surface area contributed by atoms with Gasteiger partial charge in [-0.2, -0.15) is 0 Å². The van der Waals surface area contributed by atoms with E-state index < -0.39 is 0 Å². The molecule has 1 unspecified atom stereocenters. The fourth-order valence-electron chi connectivity index (χ4n) is 2.75. The molecule has 1 atom stereocenters. The molecular formula is C14H17NO. The lowest BCUT2D eigenvalue weighted by atomic mass is 9.93. The Bertz CT molecular complexity index is 521. The summed E-state index contributed by atoms with van der Waals surface area (Å²) in [5.41, 5.74) is 2.54. The van der Waals surface area contributed by atoms with Crippen molar-refractivity contribution >= 4 is 10.9 Å². The second-order valence-corrected chi connectivity index (χ2v) is 4.85. The van der Waals surface area contributed by atoms with Crippen molar-refractivity contribution in [2.24, 2.45) is 7.05 Å². The molecule has 1 saturated heterocycles. The summed E-state index contributed by atoms with van der Waals surface area (Å²) in [6, 6.07) is 8.54. The van der Waals surface area contributed by atoms with Gasteiger partial charge in [0.05, 0.1) is 5.60 Å². The largest absolute Gasteiger partial charge is 0.371 e. The zero-order chi connectivity index (χ0) is 11.2. The van der Waals surface area contributed by atoms with E-state index >= 15 is 0 Å². The van der Waals surface area contributed by atoms with Crippen LogP contribution in [0, 0.1) is 0 Å². The molecule has 0 saturated carbocycles. The molecule has 1 aliphatic rings. The van der Waals surface area contributed by atoms with Crippen molar-refractivity contribution in [1.29, 1.82) is 0 Å². The minimum Gasteiger partial charge on any atom is -0.371 e. The van der Waals surface area contributed by atoms with Crippen LogP contribution < -0.4 is 0 Å². The van der Waals surface area contributed by atoms with Crippen LogP contribution in [-0.2, 0) is 17.4 Å². The Morgan fingerprint density at radius 2 is 2.12 bits per heavy atom. The van der Waals surface area contributed by atoms with Crippen molar-refractivity contribution in [2.45, 2.75) is 25.4 Å². The standard InChI is InChI=1S/C14H17NO/c1-14(8-5-9-16-14)12-10-15(2)13-7-4-3-6-11(12)13/h3-4,6-7,10H,5,8-9H2,1-2H3. The number of aryl methyl sites for hydroxylation is 1. The number of para-hydroxylation sites is 1. The molecule has 84 valence electrons. The highest BCUT2D eigenvalue weighted by Gasteiger charge is 2.34. The first-order valence-corrected chi connectivity index (χ1v) is 5.89. The van der Waals surface area contributed by atoms with Gasteiger partial charge < -0.3 is 9.30 Å². The molecule has 1 aliphatic heterocycles. The average Bonchev–Trinajstić information content (AvgIpc) is 2.86. The van der Waals surface area contributed by atoms with Gasteiger partial charge in [-0.25, -0.2) is 0 Å². The van der Waals surface area contributed by atoms with Crippen LogP contribution in [0.15, 0.2) is 30.5 Å². The summed E-state index contributed by atoms with van der Waals surface area (Å²) in [7, 11) is 2.10. The van der Waals surface area contributed by atoms with Crippen molar-refractivity contribution in [3.63, 3.8) is 0 Å². The molecule has 1 aromatic carbocycles. The maximum atomic E-state index is 5.93. The number of rotatable bonds is 1. The zero-order valence-corrected chi connectivity index (χ0v) is 9.86. The van der Waals surface area contributed by atoms with Gasteiger partial charge in [0.2, 0.25) is 0 Å². The first-order valence-electron chi connectivity index (χ1n) is 5.89. The third kappa shape index (κ3) is 1.30. The van der Waals surface area contributed by atoms with Crippen molar-refractivity contribution < 1.29 is 4.74 Å². The molecule has 1 aromatic heterocycles. The molecule has 2 heterocycles. The Morgan fingerprint density at radius 3 is 2.88 bits per heavy atom. The van der Waals surface area contributed by atoms with Crippen molar-refractivity contribution in [3.05, 3.63) is 36.0 Å². The van der Waals surface area contributed by atoms with Gasteiger partial charge in [-0.15, -0.1) is 0 Å². The van der Waals surface area contributed by atoms with Crippen LogP contribution in [-0.4, -0.2) is 11.2 Å². The van der Waals surface area contributed by atoms with Crippen LogP contribution in [0.4, 0.5) is 0 Å². The molecule has 16 heavy (non-hydrogen) atoms. The van der Waals surface area contributed by atoms with Gasteiger partial charge in [-0.1, -0.05) is 18.2 Å². The van der Waals surface area contributed by atoms with Gasteiger partial charge in [0.1, 0.15) is 0 Å². The molecule has 2 heteroatoms. The summed E-state index contributed by atoms with van der Waals surface area (Å²) in [5, 5.41) is 1.33. The van der Waals surface area contributed by atoms with E-state index in [1.807, 2.05) is 0 Å². The molecule has 2 nitrogen and oxygen atoms in total. The molecule has 3 rings (SSSR count). The second-order valence-electron chi connectivity index (χ2n) is 4.85. The Labute approximate surface area is 95.8 Å². The summed E-state index contributed by atoms with van der Waals surface area (Å²) in [4.78, 5) is 0. The van der Waals surface area contributed by atoms with Gasteiger partial charge in [-0.3, -0.25) is 0 Å². The molecule has 0 radical (unpaired) electrons. The molecule has 0 bridgehead atoms. The van der Waals surface area contributed by atoms with Crippen LogP contribution in [0.5, 0.6) is 0 Å². The lowest BCUT2D eigenvalue weighted by molar-refractivity contribution is 0.0179. The number of aromatic nitrogens is 1. The van der Waals surface area contributed by atoms with Gasteiger partial charge in [0.15, 0.2) is 0 Å². The van der Waals surface area contributed by atoms with E-state index in [1.54, 1.807) is 0 Å². The molecular weight excluding hydrogens is 198 g/mol. The summed E-state index contributed by atoms with van der Waals surface area (Å²) >= 11 is 0. The van der Waals surface area contributed by atoms with Crippen LogP contribution in [0.2, 0.25) is 0 Å². The smallest absolute Gasteiger partial charge is 0.0924 e. The van der Waals surface area contributed by atoms with Crippen molar-refractivity contribution in [2.75, 3.05) is 6.61 Å². The Morgan fingerprint density at radius 1 is 1.31 bits per heavy atom. The first kappa shape index (κ1) is 9.91. The SMILES string of the molecule is Cn1cc(C2(C)CCCO2)c2ccccc21. The van der Waals surface area contributed by atoms with Gasteiger partial charge in [-0.05, 0) is 25.8 Å². The highest BCUT2D eigenvalue weighted by Crippen LogP contribution is 2.39. The number of hydrogen-bond acceptors (Lipinski definition) is 1. The quantitative estimate of drug-likeness (QED) is 0.712. The summed E-state index contributed by atoms with van der Waals surface area (Å²) in [5.74, 6) is 0. The summed E-state index contributed by atoms with van der Waals surface area (Å²) in [6.45, 7) is 3.10. The number of nitrogens with zero attached hydrogens (tertiary/aromatic N) is 1. The van der Waals surface area contributed by atoms with Crippen LogP contribution in [0.25, 0.3) is 10.9 Å². The number of fused-ring (bicyclic) bond motifs is 1. The van der Waals surface area contributed by atoms with E-state index in [0.29, 0.717) is 0 Å². The molecule has 1 fully saturated rings. The minimum absolute atomic E-state index is 0.0825. The zero-order valence-electron chi connectivity index (χ0n) is 9.86. The lowest BCUT2D eigenvalue weighted by Gasteiger charge is -2.22. The number of hydrogen-bond donors (Lipinski definition) is 0. The summed E-state index contributed by atoms with van der Waals surface area (Å²) in [6.07, 6.45) is 4.51. The van der Waals surface area contributed by atoms with E-state index in [2.05, 4.69) is 49.0 Å². The monoisotopic (exact) mass is 215 g/mol. The molecule has 0 aliphatic carbocycles. The first-order chi connectivity index (χ1) is 7.71. The molecule has 0 N–H and O–H groups in total. The van der Waals surface area contributed by atoms with E-state index in [0.717, 1.165) is 13.0 Å². The normalized spacial score (nSPS) is 25.4.